The normalized spacial score (nSPS) is 15.3. The van der Waals surface area contributed by atoms with Gasteiger partial charge in [0.1, 0.15) is 0 Å². The molecule has 0 aliphatic heterocycles. The van der Waals surface area contributed by atoms with Crippen LogP contribution in [-0.2, 0) is 0 Å². The van der Waals surface area contributed by atoms with E-state index in [1.54, 1.807) is 0 Å². The molecule has 0 amide bonds. The number of thiophene rings is 1. The molecule has 0 radical (unpaired) electrons. The van der Waals surface area contributed by atoms with Crippen molar-refractivity contribution in [2.24, 2.45) is 0 Å². The monoisotopic (exact) mass is 290 g/mol. The third kappa shape index (κ3) is 2.35. The van der Waals surface area contributed by atoms with Crippen molar-refractivity contribution in [3.05, 3.63) is 56.2 Å². The highest BCUT2D eigenvalue weighted by atomic mass is 35.5. The Balaban J connectivity index is 1.93. The molecule has 19 heavy (non-hydrogen) atoms. The molecule has 2 aromatic rings. The van der Waals surface area contributed by atoms with E-state index in [-0.39, 0.29) is 5.78 Å². The minimum atomic E-state index is 0.0456. The van der Waals surface area contributed by atoms with Gasteiger partial charge in [-0.2, -0.15) is 0 Å². The molecule has 0 saturated heterocycles. The summed E-state index contributed by atoms with van der Waals surface area (Å²) in [6.07, 6.45) is 3.80. The van der Waals surface area contributed by atoms with Gasteiger partial charge in [0, 0.05) is 5.56 Å². The first kappa shape index (κ1) is 12.9. The zero-order valence-corrected chi connectivity index (χ0v) is 12.4. The minimum Gasteiger partial charge on any atom is -0.288 e. The summed E-state index contributed by atoms with van der Waals surface area (Å²) in [7, 11) is 0. The largest absolute Gasteiger partial charge is 0.288 e. The van der Waals surface area contributed by atoms with Gasteiger partial charge in [-0.15, -0.1) is 11.3 Å². The third-order valence-electron chi connectivity index (χ3n) is 3.83. The van der Waals surface area contributed by atoms with Gasteiger partial charge in [0.05, 0.1) is 9.90 Å². The third-order valence-corrected chi connectivity index (χ3v) is 5.53. The van der Waals surface area contributed by atoms with E-state index in [4.69, 9.17) is 11.6 Å². The maximum Gasteiger partial charge on any atom is 0.204 e. The number of benzene rings is 1. The summed E-state index contributed by atoms with van der Waals surface area (Å²) in [4.78, 5) is 13.1. The van der Waals surface area contributed by atoms with Crippen molar-refractivity contribution >= 4 is 28.7 Å². The predicted octanol–water partition coefficient (Wildman–Crippen LogP) is 5.21. The summed E-state index contributed by atoms with van der Waals surface area (Å²) in [6, 6.07) is 8.03. The molecule has 3 heteroatoms. The molecule has 3 rings (SSSR count). The summed E-state index contributed by atoms with van der Waals surface area (Å²) in [5, 5.41) is 2.54. The molecule has 1 saturated carbocycles. The van der Waals surface area contributed by atoms with E-state index < -0.39 is 0 Å². The van der Waals surface area contributed by atoms with Crippen LogP contribution >= 0.6 is 22.9 Å². The molecule has 0 N–H and O–H groups in total. The summed E-state index contributed by atoms with van der Waals surface area (Å²) in [5.41, 5.74) is 3.03. The van der Waals surface area contributed by atoms with Gasteiger partial charge in [-0.25, -0.2) is 0 Å². The van der Waals surface area contributed by atoms with Crippen molar-refractivity contribution in [2.75, 3.05) is 0 Å². The molecule has 1 heterocycles. The molecule has 0 bridgehead atoms. The predicted molar refractivity (Wildman–Crippen MR) is 80.5 cm³/mol. The maximum atomic E-state index is 12.5. The van der Waals surface area contributed by atoms with Gasteiger partial charge >= 0.3 is 0 Å². The maximum absolute atomic E-state index is 12.5. The van der Waals surface area contributed by atoms with E-state index in [0.29, 0.717) is 15.8 Å². The van der Waals surface area contributed by atoms with Crippen molar-refractivity contribution in [2.45, 2.75) is 32.1 Å². The Morgan fingerprint density at radius 1 is 1.37 bits per heavy atom. The number of carbonyl (C=O) groups excluding carboxylic acids is 1. The molecule has 0 spiro atoms. The van der Waals surface area contributed by atoms with E-state index in [9.17, 15) is 4.79 Å². The number of hydrogen-bond donors (Lipinski definition) is 0. The van der Waals surface area contributed by atoms with Crippen molar-refractivity contribution in [3.63, 3.8) is 0 Å². The Morgan fingerprint density at radius 2 is 2.16 bits per heavy atom. The molecule has 1 aliphatic carbocycles. The quantitative estimate of drug-likeness (QED) is 0.709. The number of halogens is 1. The van der Waals surface area contributed by atoms with Crippen LogP contribution in [0.4, 0.5) is 0 Å². The van der Waals surface area contributed by atoms with Crippen LogP contribution in [0.25, 0.3) is 0 Å². The number of hydrogen-bond acceptors (Lipinski definition) is 2. The average molecular weight is 291 g/mol. The Labute approximate surface area is 122 Å². The van der Waals surface area contributed by atoms with Gasteiger partial charge in [0.25, 0.3) is 0 Å². The fourth-order valence-corrected chi connectivity index (χ4v) is 3.63. The fraction of sp³-hybridized carbons (Fsp3) is 0.312. The number of carbonyl (C=O) groups is 1. The lowest BCUT2D eigenvalue weighted by Crippen LogP contribution is -2.10. The highest BCUT2D eigenvalue weighted by molar-refractivity contribution is 7.13. The Kier molecular flexibility index (Phi) is 3.46. The molecule has 98 valence electrons. The van der Waals surface area contributed by atoms with Crippen LogP contribution in [0.15, 0.2) is 29.6 Å². The van der Waals surface area contributed by atoms with E-state index in [2.05, 4.69) is 6.07 Å². The highest BCUT2D eigenvalue weighted by Crippen LogP contribution is 2.37. The van der Waals surface area contributed by atoms with Crippen LogP contribution in [0.2, 0.25) is 5.02 Å². The van der Waals surface area contributed by atoms with Gasteiger partial charge in [-0.05, 0) is 48.3 Å². The van der Waals surface area contributed by atoms with Crippen LogP contribution < -0.4 is 0 Å². The van der Waals surface area contributed by atoms with E-state index >= 15 is 0 Å². The molecule has 1 nitrogen and oxygen atoms in total. The molecular weight excluding hydrogens is 276 g/mol. The molecule has 0 atom stereocenters. The summed E-state index contributed by atoms with van der Waals surface area (Å²) in [6.45, 7) is 1.93. The number of ketones is 1. The van der Waals surface area contributed by atoms with Crippen molar-refractivity contribution < 1.29 is 4.79 Å². The molecule has 1 aromatic heterocycles. The summed E-state index contributed by atoms with van der Waals surface area (Å²) in [5.74, 6) is 0.692. The second kappa shape index (κ2) is 5.10. The Bertz CT molecular complexity index is 625. The summed E-state index contributed by atoms with van der Waals surface area (Å²) >= 11 is 7.62. The second-order valence-electron chi connectivity index (χ2n) is 5.14. The number of rotatable bonds is 3. The first-order chi connectivity index (χ1) is 9.16. The highest BCUT2D eigenvalue weighted by Gasteiger charge is 2.21. The molecule has 1 aliphatic rings. The SMILES string of the molecule is Cc1csc(C(=O)c2cccc(C3CCC3)c2)c1Cl. The standard InChI is InChI=1S/C16H15ClOS/c1-10-9-19-16(14(10)17)15(18)13-7-3-6-12(8-13)11-4-2-5-11/h3,6-9,11H,2,4-5H2,1H3. The van der Waals surface area contributed by atoms with Crippen molar-refractivity contribution in [1.82, 2.24) is 0 Å². The van der Waals surface area contributed by atoms with Gasteiger partial charge in [0.2, 0.25) is 5.78 Å². The molecule has 0 unspecified atom stereocenters. The van der Waals surface area contributed by atoms with E-state index in [0.717, 1.165) is 11.1 Å². The van der Waals surface area contributed by atoms with Crippen LogP contribution in [0.5, 0.6) is 0 Å². The number of aryl methyl sites for hydroxylation is 1. The van der Waals surface area contributed by atoms with Crippen LogP contribution in [0.3, 0.4) is 0 Å². The Morgan fingerprint density at radius 3 is 2.74 bits per heavy atom. The topological polar surface area (TPSA) is 17.1 Å². The van der Waals surface area contributed by atoms with Gasteiger partial charge in [-0.1, -0.05) is 36.2 Å². The van der Waals surface area contributed by atoms with Gasteiger partial charge in [-0.3, -0.25) is 4.79 Å². The lowest BCUT2D eigenvalue weighted by Gasteiger charge is -2.26. The van der Waals surface area contributed by atoms with Crippen molar-refractivity contribution in [3.8, 4) is 0 Å². The molecule has 1 aromatic carbocycles. The second-order valence-corrected chi connectivity index (χ2v) is 6.40. The zero-order chi connectivity index (χ0) is 13.4. The average Bonchev–Trinajstić information content (AvgIpc) is 2.68. The first-order valence-corrected chi connectivity index (χ1v) is 7.81. The Hall–Kier alpha value is -1.12. The van der Waals surface area contributed by atoms with E-state index in [1.165, 1.54) is 36.2 Å². The van der Waals surface area contributed by atoms with Crippen LogP contribution in [0, 0.1) is 6.92 Å². The molecular formula is C16H15ClOS. The first-order valence-electron chi connectivity index (χ1n) is 6.55. The van der Waals surface area contributed by atoms with Gasteiger partial charge < -0.3 is 0 Å². The van der Waals surface area contributed by atoms with Crippen molar-refractivity contribution in [1.29, 1.82) is 0 Å². The van der Waals surface area contributed by atoms with E-state index in [1.807, 2.05) is 30.5 Å². The van der Waals surface area contributed by atoms with Crippen LogP contribution in [0.1, 0.15) is 51.5 Å². The lowest BCUT2D eigenvalue weighted by molar-refractivity contribution is 0.104. The fourth-order valence-electron chi connectivity index (χ4n) is 2.39. The minimum absolute atomic E-state index is 0.0456. The summed E-state index contributed by atoms with van der Waals surface area (Å²) < 4.78 is 0. The van der Waals surface area contributed by atoms with Crippen LogP contribution in [-0.4, -0.2) is 5.78 Å². The lowest BCUT2D eigenvalue weighted by atomic mass is 9.79. The smallest absolute Gasteiger partial charge is 0.204 e. The zero-order valence-electron chi connectivity index (χ0n) is 10.8. The van der Waals surface area contributed by atoms with Gasteiger partial charge in [0.15, 0.2) is 0 Å². The molecule has 1 fully saturated rings.